The Bertz CT molecular complexity index is 1010. The molecule has 2 aromatic rings. The normalized spacial score (nSPS) is 14.4. The van der Waals surface area contributed by atoms with E-state index in [1.165, 1.54) is 31.4 Å². The summed E-state index contributed by atoms with van der Waals surface area (Å²) in [6, 6.07) is 8.92. The number of pyridine rings is 1. The maximum atomic E-state index is 13.0. The van der Waals surface area contributed by atoms with Crippen molar-refractivity contribution < 1.29 is 41.8 Å². The van der Waals surface area contributed by atoms with Gasteiger partial charge in [0.2, 0.25) is 5.88 Å². The molecule has 12 heteroatoms. The lowest BCUT2D eigenvalue weighted by Crippen LogP contribution is -2.40. The van der Waals surface area contributed by atoms with Crippen LogP contribution in [0.5, 0.6) is 5.88 Å². The Kier molecular flexibility index (Phi) is 10.1. The van der Waals surface area contributed by atoms with Crippen LogP contribution in [-0.4, -0.2) is 72.1 Å². The molecule has 0 bridgehead atoms. The van der Waals surface area contributed by atoms with Gasteiger partial charge in [-0.3, -0.25) is 14.5 Å². The molecule has 0 aliphatic carbocycles. The molecule has 2 N–H and O–H groups in total. The molecule has 1 aromatic carbocycles. The molecular formula is C23H25F4N3O5. The van der Waals surface area contributed by atoms with E-state index in [4.69, 9.17) is 14.6 Å². The van der Waals surface area contributed by atoms with Gasteiger partial charge in [0.25, 0.3) is 5.91 Å². The first-order chi connectivity index (χ1) is 16.5. The van der Waals surface area contributed by atoms with Crippen LogP contribution >= 0.6 is 0 Å². The fraction of sp³-hybridized carbons (Fsp3) is 0.391. The number of carbonyl (C=O) groups excluding carboxylic acids is 2. The van der Waals surface area contributed by atoms with Gasteiger partial charge in [0.1, 0.15) is 5.82 Å². The van der Waals surface area contributed by atoms with Crippen molar-refractivity contribution in [2.75, 3.05) is 33.3 Å². The molecule has 3 rings (SSSR count). The third-order valence-electron chi connectivity index (χ3n) is 5.24. The standard InChI is InChI=1S/C21H24FN3O3.C2HF3O2/c1-28-20-12-17(6-9-23-20)21(27)24-13-15-7-10-25(11-8-15)14-19(26)16-2-4-18(22)5-3-16;3-2(4,5)1(6)7/h2-6,9,12,15H,7-8,10-11,13-14H2,1H3,(H,24,27);(H,6,7). The number of nitrogens with zero attached hydrogens (tertiary/aromatic N) is 2. The fourth-order valence-electron chi connectivity index (χ4n) is 3.28. The van der Waals surface area contributed by atoms with Crippen molar-refractivity contribution in [2.24, 2.45) is 5.92 Å². The smallest absolute Gasteiger partial charge is 0.481 e. The Morgan fingerprint density at radius 3 is 2.26 bits per heavy atom. The summed E-state index contributed by atoms with van der Waals surface area (Å²) in [5.41, 5.74) is 1.05. The summed E-state index contributed by atoms with van der Waals surface area (Å²) in [4.78, 5) is 39.6. The van der Waals surface area contributed by atoms with Crippen LogP contribution in [0.1, 0.15) is 33.6 Å². The molecular weight excluding hydrogens is 474 g/mol. The number of likely N-dealkylation sites (tertiary alicyclic amines) is 1. The molecule has 1 aromatic heterocycles. The third kappa shape index (κ3) is 9.32. The molecule has 1 amide bonds. The number of piperidine rings is 1. The summed E-state index contributed by atoms with van der Waals surface area (Å²) < 4.78 is 49.7. The van der Waals surface area contributed by atoms with Gasteiger partial charge in [-0.1, -0.05) is 0 Å². The molecule has 0 saturated carbocycles. The highest BCUT2D eigenvalue weighted by molar-refractivity contribution is 5.97. The number of hydrogen-bond acceptors (Lipinski definition) is 6. The van der Waals surface area contributed by atoms with Crippen molar-refractivity contribution in [1.82, 2.24) is 15.2 Å². The molecule has 190 valence electrons. The van der Waals surface area contributed by atoms with E-state index in [1.807, 2.05) is 0 Å². The number of nitrogens with one attached hydrogen (secondary N) is 1. The van der Waals surface area contributed by atoms with Crippen LogP contribution in [0, 0.1) is 11.7 Å². The number of aromatic nitrogens is 1. The SMILES string of the molecule is COc1cc(C(=O)NCC2CCN(CC(=O)c3ccc(F)cc3)CC2)ccn1.O=C(O)C(F)(F)F. The number of amides is 1. The van der Waals surface area contributed by atoms with Crippen molar-refractivity contribution in [3.63, 3.8) is 0 Å². The number of aliphatic carboxylic acids is 1. The minimum atomic E-state index is -5.08. The van der Waals surface area contributed by atoms with Crippen molar-refractivity contribution >= 4 is 17.7 Å². The largest absolute Gasteiger partial charge is 0.490 e. The zero-order chi connectivity index (χ0) is 26.0. The zero-order valence-corrected chi connectivity index (χ0v) is 18.8. The summed E-state index contributed by atoms with van der Waals surface area (Å²) in [6.45, 7) is 2.54. The summed E-state index contributed by atoms with van der Waals surface area (Å²) in [7, 11) is 1.51. The molecule has 0 unspecified atom stereocenters. The average molecular weight is 499 g/mol. The van der Waals surface area contributed by atoms with E-state index >= 15 is 0 Å². The number of halogens is 4. The number of benzene rings is 1. The number of Topliss-reactive ketones (excluding diaryl/α,β-unsaturated/α-hetero) is 1. The summed E-state index contributed by atoms with van der Waals surface area (Å²) in [5, 5.41) is 10.1. The van der Waals surface area contributed by atoms with Crippen molar-refractivity contribution in [3.8, 4) is 5.88 Å². The third-order valence-corrected chi connectivity index (χ3v) is 5.24. The molecule has 8 nitrogen and oxygen atoms in total. The van der Waals surface area contributed by atoms with Crippen LogP contribution in [-0.2, 0) is 4.79 Å². The first-order valence-corrected chi connectivity index (χ1v) is 10.6. The number of hydrogen-bond donors (Lipinski definition) is 2. The highest BCUT2D eigenvalue weighted by Crippen LogP contribution is 2.18. The van der Waals surface area contributed by atoms with Gasteiger partial charge in [0.15, 0.2) is 5.78 Å². The summed E-state index contributed by atoms with van der Waals surface area (Å²) in [6.07, 6.45) is -1.71. The summed E-state index contributed by atoms with van der Waals surface area (Å²) >= 11 is 0. The van der Waals surface area contributed by atoms with Crippen LogP contribution in [0.3, 0.4) is 0 Å². The van der Waals surface area contributed by atoms with E-state index in [0.29, 0.717) is 36.0 Å². The number of methoxy groups -OCH3 is 1. The molecule has 1 aliphatic rings. The van der Waals surface area contributed by atoms with Crippen LogP contribution < -0.4 is 10.1 Å². The number of ether oxygens (including phenoxy) is 1. The molecule has 2 heterocycles. The second-order valence-electron chi connectivity index (χ2n) is 7.75. The molecule has 1 aliphatic heterocycles. The molecule has 1 fully saturated rings. The lowest BCUT2D eigenvalue weighted by atomic mass is 9.96. The van der Waals surface area contributed by atoms with Gasteiger partial charge in [-0.2, -0.15) is 13.2 Å². The molecule has 35 heavy (non-hydrogen) atoms. The minimum absolute atomic E-state index is 0.00149. The van der Waals surface area contributed by atoms with Crippen molar-refractivity contribution in [2.45, 2.75) is 19.0 Å². The van der Waals surface area contributed by atoms with Gasteiger partial charge >= 0.3 is 12.1 Å². The molecule has 0 spiro atoms. The van der Waals surface area contributed by atoms with E-state index in [2.05, 4.69) is 15.2 Å². The first-order valence-electron chi connectivity index (χ1n) is 10.6. The zero-order valence-electron chi connectivity index (χ0n) is 18.8. The second-order valence-corrected chi connectivity index (χ2v) is 7.75. The predicted molar refractivity (Wildman–Crippen MR) is 117 cm³/mol. The number of ketones is 1. The Balaban J connectivity index is 0.000000540. The average Bonchev–Trinajstić information content (AvgIpc) is 2.83. The highest BCUT2D eigenvalue weighted by Gasteiger charge is 2.38. The van der Waals surface area contributed by atoms with Crippen molar-refractivity contribution in [3.05, 3.63) is 59.5 Å². The Labute approximate surface area is 198 Å². The Morgan fingerprint density at radius 1 is 1.11 bits per heavy atom. The van der Waals surface area contributed by atoms with E-state index in [0.717, 1.165) is 25.9 Å². The topological polar surface area (TPSA) is 109 Å². The monoisotopic (exact) mass is 499 g/mol. The first kappa shape index (κ1) is 27.7. The van der Waals surface area contributed by atoms with Crippen LogP contribution in [0.15, 0.2) is 42.6 Å². The van der Waals surface area contributed by atoms with E-state index < -0.39 is 12.1 Å². The molecule has 1 saturated heterocycles. The molecule has 0 radical (unpaired) electrons. The maximum Gasteiger partial charge on any atom is 0.490 e. The quantitative estimate of drug-likeness (QED) is 0.445. The molecule has 0 atom stereocenters. The van der Waals surface area contributed by atoms with E-state index in [-0.39, 0.29) is 17.5 Å². The van der Waals surface area contributed by atoms with E-state index in [1.54, 1.807) is 18.3 Å². The Morgan fingerprint density at radius 2 is 1.71 bits per heavy atom. The maximum absolute atomic E-state index is 13.0. The van der Waals surface area contributed by atoms with Gasteiger partial charge < -0.3 is 15.2 Å². The highest BCUT2D eigenvalue weighted by atomic mass is 19.4. The number of rotatable bonds is 7. The predicted octanol–water partition coefficient (Wildman–Crippen LogP) is 3.19. The van der Waals surface area contributed by atoms with Gasteiger partial charge in [-0.05, 0) is 62.2 Å². The number of carboxylic acids is 1. The van der Waals surface area contributed by atoms with Crippen LogP contribution in [0.4, 0.5) is 17.6 Å². The minimum Gasteiger partial charge on any atom is -0.481 e. The van der Waals surface area contributed by atoms with Crippen LogP contribution in [0.25, 0.3) is 0 Å². The Hall–Kier alpha value is -3.54. The fourth-order valence-corrected chi connectivity index (χ4v) is 3.28. The number of alkyl halides is 3. The van der Waals surface area contributed by atoms with Gasteiger partial charge in [-0.25, -0.2) is 14.2 Å². The summed E-state index contributed by atoms with van der Waals surface area (Å²) in [5.74, 6) is -2.46. The van der Waals surface area contributed by atoms with Gasteiger partial charge in [-0.15, -0.1) is 0 Å². The number of carboxylic acid groups (broad SMARTS) is 1. The van der Waals surface area contributed by atoms with Gasteiger partial charge in [0, 0.05) is 29.9 Å². The van der Waals surface area contributed by atoms with Crippen molar-refractivity contribution in [1.29, 1.82) is 0 Å². The van der Waals surface area contributed by atoms with Crippen LogP contribution in [0.2, 0.25) is 0 Å². The lowest BCUT2D eigenvalue weighted by Gasteiger charge is -2.31. The lowest BCUT2D eigenvalue weighted by molar-refractivity contribution is -0.192. The van der Waals surface area contributed by atoms with Gasteiger partial charge in [0.05, 0.1) is 13.7 Å². The van der Waals surface area contributed by atoms with E-state index in [9.17, 15) is 27.2 Å². The number of carbonyl (C=O) groups is 3. The second kappa shape index (κ2) is 12.8.